The van der Waals surface area contributed by atoms with Crippen LogP contribution in [0.25, 0.3) is 21.9 Å². The second-order valence-corrected chi connectivity index (χ2v) is 7.56. The monoisotopic (exact) mass is 370 g/mol. The molecule has 1 aromatic carbocycles. The zero-order chi connectivity index (χ0) is 17.7. The summed E-state index contributed by atoms with van der Waals surface area (Å²) in [6.07, 6.45) is 0. The van der Waals surface area contributed by atoms with Crippen molar-refractivity contribution in [1.82, 2.24) is 19.0 Å². The fourth-order valence-corrected chi connectivity index (χ4v) is 4.68. The predicted molar refractivity (Wildman–Crippen MR) is 99.6 cm³/mol. The first-order chi connectivity index (χ1) is 12.7. The molecular weight excluding hydrogens is 352 g/mol. The van der Waals surface area contributed by atoms with E-state index in [0.717, 1.165) is 21.8 Å². The van der Waals surface area contributed by atoms with Gasteiger partial charge in [-0.1, -0.05) is 30.0 Å². The first-order valence-corrected chi connectivity index (χ1v) is 9.73. The van der Waals surface area contributed by atoms with Gasteiger partial charge >= 0.3 is 0 Å². The average Bonchev–Trinajstić information content (AvgIpc) is 3.27. The summed E-state index contributed by atoms with van der Waals surface area (Å²) >= 11 is 1.60. The van der Waals surface area contributed by atoms with E-state index in [2.05, 4.69) is 0 Å². The Labute approximate surface area is 153 Å². The summed E-state index contributed by atoms with van der Waals surface area (Å²) < 4.78 is 8.89. The van der Waals surface area contributed by atoms with Crippen LogP contribution in [0.1, 0.15) is 0 Å². The van der Waals surface area contributed by atoms with Crippen LogP contribution in [0.15, 0.2) is 34.2 Å². The molecule has 1 fully saturated rings. The van der Waals surface area contributed by atoms with Crippen LogP contribution in [0.2, 0.25) is 0 Å². The van der Waals surface area contributed by atoms with Crippen molar-refractivity contribution in [2.45, 2.75) is 18.2 Å². The molecule has 26 heavy (non-hydrogen) atoms. The molecule has 7 nitrogen and oxygen atoms in total. The van der Waals surface area contributed by atoms with Crippen molar-refractivity contribution in [3.63, 3.8) is 0 Å². The van der Waals surface area contributed by atoms with E-state index in [1.165, 1.54) is 0 Å². The Morgan fingerprint density at radius 3 is 2.85 bits per heavy atom. The Balaban J connectivity index is 1.70. The van der Waals surface area contributed by atoms with Gasteiger partial charge in [0.15, 0.2) is 5.16 Å². The van der Waals surface area contributed by atoms with Gasteiger partial charge in [-0.15, -0.1) is 0 Å². The Bertz CT molecular complexity index is 1080. The van der Waals surface area contributed by atoms with Gasteiger partial charge in [0.2, 0.25) is 5.91 Å². The van der Waals surface area contributed by atoms with E-state index in [-0.39, 0.29) is 18.0 Å². The van der Waals surface area contributed by atoms with Crippen molar-refractivity contribution in [1.29, 1.82) is 0 Å². The van der Waals surface area contributed by atoms with Gasteiger partial charge in [-0.3, -0.25) is 14.2 Å². The molecule has 0 bridgehead atoms. The molecule has 3 aromatic rings. The lowest BCUT2D eigenvalue weighted by Gasteiger charge is -2.27. The number of fused-ring (bicyclic) bond motifs is 4. The Morgan fingerprint density at radius 1 is 1.19 bits per heavy atom. The minimum atomic E-state index is -0.0547. The lowest BCUT2D eigenvalue weighted by atomic mass is 10.2. The highest BCUT2D eigenvalue weighted by molar-refractivity contribution is 7.99. The molecule has 2 aliphatic heterocycles. The normalized spacial score (nSPS) is 17.2. The number of nitrogens with zero attached hydrogens (tertiary/aromatic N) is 4. The topological polar surface area (TPSA) is 69.4 Å². The predicted octanol–water partition coefficient (Wildman–Crippen LogP) is 1.32. The van der Waals surface area contributed by atoms with Crippen LogP contribution in [0.4, 0.5) is 0 Å². The summed E-state index contributed by atoms with van der Waals surface area (Å²) in [7, 11) is 0. The number of benzene rings is 1. The van der Waals surface area contributed by atoms with Crippen LogP contribution in [-0.2, 0) is 22.6 Å². The molecule has 2 aliphatic rings. The second kappa shape index (κ2) is 6.14. The van der Waals surface area contributed by atoms with Crippen molar-refractivity contribution in [3.8, 4) is 0 Å². The molecule has 4 heterocycles. The first kappa shape index (κ1) is 15.9. The average molecular weight is 370 g/mol. The summed E-state index contributed by atoms with van der Waals surface area (Å²) in [5.74, 6) is 0.870. The van der Waals surface area contributed by atoms with E-state index in [1.54, 1.807) is 21.2 Å². The number of aromatic nitrogens is 3. The van der Waals surface area contributed by atoms with Gasteiger partial charge < -0.3 is 14.2 Å². The largest absolute Gasteiger partial charge is 0.378 e. The minimum absolute atomic E-state index is 0.00947. The SMILES string of the molecule is O=C(Cn1c2ccccc2c2nc3n(c(=O)c21)CCS3)N1CCOCC1. The lowest BCUT2D eigenvalue weighted by molar-refractivity contribution is -0.135. The molecule has 0 saturated carbocycles. The molecule has 0 radical (unpaired) electrons. The molecule has 1 saturated heterocycles. The van der Waals surface area contributed by atoms with Crippen LogP contribution < -0.4 is 5.56 Å². The van der Waals surface area contributed by atoms with Crippen LogP contribution in [-0.4, -0.2) is 57.0 Å². The van der Waals surface area contributed by atoms with Gasteiger partial charge in [0.25, 0.3) is 5.56 Å². The van der Waals surface area contributed by atoms with Crippen LogP contribution in [0, 0.1) is 0 Å². The third-order valence-corrected chi connectivity index (χ3v) is 5.99. The highest BCUT2D eigenvalue weighted by atomic mass is 32.2. The smallest absolute Gasteiger partial charge is 0.278 e. The van der Waals surface area contributed by atoms with Crippen LogP contribution in [0.5, 0.6) is 0 Å². The van der Waals surface area contributed by atoms with Crippen molar-refractivity contribution in [2.24, 2.45) is 0 Å². The van der Waals surface area contributed by atoms with Gasteiger partial charge in [-0.25, -0.2) is 4.98 Å². The number of ether oxygens (including phenoxy) is 1. The fourth-order valence-electron chi connectivity index (χ4n) is 3.73. The summed E-state index contributed by atoms with van der Waals surface area (Å²) in [6.45, 7) is 3.13. The summed E-state index contributed by atoms with van der Waals surface area (Å²) in [5, 5.41) is 1.69. The molecule has 2 aromatic heterocycles. The van der Waals surface area contributed by atoms with Gasteiger partial charge in [-0.2, -0.15) is 0 Å². The van der Waals surface area contributed by atoms with Crippen LogP contribution in [0.3, 0.4) is 0 Å². The number of morpholine rings is 1. The van der Waals surface area contributed by atoms with Gasteiger partial charge in [-0.05, 0) is 6.07 Å². The van der Waals surface area contributed by atoms with Crippen molar-refractivity contribution < 1.29 is 9.53 Å². The maximum Gasteiger partial charge on any atom is 0.278 e. The Hall–Kier alpha value is -2.32. The van der Waals surface area contributed by atoms with E-state index in [1.807, 2.05) is 28.8 Å². The molecule has 0 aliphatic carbocycles. The number of para-hydroxylation sites is 1. The number of amides is 1. The van der Waals surface area contributed by atoms with Gasteiger partial charge in [0.1, 0.15) is 17.6 Å². The van der Waals surface area contributed by atoms with Crippen LogP contribution >= 0.6 is 11.8 Å². The molecule has 0 spiro atoms. The summed E-state index contributed by atoms with van der Waals surface area (Å²) in [5.41, 5.74) is 2.05. The van der Waals surface area contributed by atoms with Crippen molar-refractivity contribution >= 4 is 39.6 Å². The molecule has 0 unspecified atom stereocenters. The second-order valence-electron chi connectivity index (χ2n) is 6.49. The molecule has 1 amide bonds. The van der Waals surface area contributed by atoms with Crippen molar-refractivity contribution in [2.75, 3.05) is 32.1 Å². The highest BCUT2D eigenvalue weighted by Gasteiger charge is 2.24. The Morgan fingerprint density at radius 2 is 2.00 bits per heavy atom. The standard InChI is InChI=1S/C18H18N4O3S/c23-14(20-5-8-25-9-6-20)11-22-13-4-2-1-3-12(13)15-16(22)17(24)21-7-10-26-18(21)19-15/h1-4H,5-11H2. The summed E-state index contributed by atoms with van der Waals surface area (Å²) in [4.78, 5) is 32.5. The molecule has 0 atom stereocenters. The lowest BCUT2D eigenvalue weighted by Crippen LogP contribution is -2.42. The van der Waals surface area contributed by atoms with E-state index >= 15 is 0 Å². The fraction of sp³-hybridized carbons (Fsp3) is 0.389. The highest BCUT2D eigenvalue weighted by Crippen LogP contribution is 2.30. The third kappa shape index (κ3) is 2.36. The summed E-state index contributed by atoms with van der Waals surface area (Å²) in [6, 6.07) is 7.79. The number of thioether (sulfide) groups is 1. The van der Waals surface area contributed by atoms with Crippen molar-refractivity contribution in [3.05, 3.63) is 34.6 Å². The molecule has 0 N–H and O–H groups in total. The number of carbonyl (C=O) groups is 1. The molecule has 8 heteroatoms. The number of hydrogen-bond donors (Lipinski definition) is 0. The number of carbonyl (C=O) groups excluding carboxylic acids is 1. The molecule has 134 valence electrons. The number of hydrogen-bond acceptors (Lipinski definition) is 5. The van der Waals surface area contributed by atoms with Gasteiger partial charge in [0.05, 0.1) is 18.7 Å². The molecule has 5 rings (SSSR count). The Kier molecular flexibility index (Phi) is 3.75. The maximum absolute atomic E-state index is 13.1. The zero-order valence-corrected chi connectivity index (χ0v) is 15.0. The minimum Gasteiger partial charge on any atom is -0.378 e. The van der Waals surface area contributed by atoms with E-state index in [4.69, 9.17) is 9.72 Å². The first-order valence-electron chi connectivity index (χ1n) is 8.74. The zero-order valence-electron chi connectivity index (χ0n) is 14.2. The quantitative estimate of drug-likeness (QED) is 0.637. The van der Waals surface area contributed by atoms with E-state index in [9.17, 15) is 9.59 Å². The number of rotatable bonds is 2. The van der Waals surface area contributed by atoms with Gasteiger partial charge in [0, 0.05) is 30.8 Å². The third-order valence-electron chi connectivity index (χ3n) is 5.03. The van der Waals surface area contributed by atoms with E-state index in [0.29, 0.717) is 43.9 Å². The maximum atomic E-state index is 13.1. The molecular formula is C18H18N4O3S. The van der Waals surface area contributed by atoms with E-state index < -0.39 is 0 Å².